The van der Waals surface area contributed by atoms with Gasteiger partial charge < -0.3 is 10.2 Å². The molecule has 0 radical (unpaired) electrons. The highest BCUT2D eigenvalue weighted by molar-refractivity contribution is 5.88. The monoisotopic (exact) mass is 418 g/mol. The van der Waals surface area contributed by atoms with Crippen LogP contribution in [0.4, 0.5) is 13.2 Å². The van der Waals surface area contributed by atoms with E-state index in [1.54, 1.807) is 18.2 Å². The van der Waals surface area contributed by atoms with Gasteiger partial charge in [0.2, 0.25) is 0 Å². The molecule has 1 saturated carbocycles. The first-order chi connectivity index (χ1) is 14.1. The van der Waals surface area contributed by atoms with Crippen molar-refractivity contribution in [3.63, 3.8) is 0 Å². The molecule has 2 aromatic carbocycles. The molecule has 3 atom stereocenters. The topological polar surface area (TPSA) is 57.5 Å². The summed E-state index contributed by atoms with van der Waals surface area (Å²) in [4.78, 5) is 11.5. The van der Waals surface area contributed by atoms with Gasteiger partial charge in [0.25, 0.3) is 0 Å². The predicted octanol–water partition coefficient (Wildman–Crippen LogP) is 5.30. The molecule has 2 aromatic rings. The lowest BCUT2D eigenvalue weighted by Crippen LogP contribution is -2.55. The SMILES string of the molecule is O=C(O)c1ccc2c(c1)CCC[C@@H]1C[C@@](O)(C(F)(F)F)CC[C@@]21Cc1ccccc1. The summed E-state index contributed by atoms with van der Waals surface area (Å²) in [7, 11) is 0. The van der Waals surface area contributed by atoms with Crippen LogP contribution >= 0.6 is 0 Å². The number of aryl methyl sites for hydroxylation is 1. The van der Waals surface area contributed by atoms with Gasteiger partial charge in [0.1, 0.15) is 0 Å². The minimum atomic E-state index is -4.66. The summed E-state index contributed by atoms with van der Waals surface area (Å²) in [6, 6.07) is 14.7. The second-order valence-corrected chi connectivity index (χ2v) is 8.82. The van der Waals surface area contributed by atoms with Gasteiger partial charge in [-0.25, -0.2) is 4.79 Å². The molecule has 0 amide bonds. The zero-order chi connectivity index (χ0) is 21.6. The summed E-state index contributed by atoms with van der Waals surface area (Å²) < 4.78 is 41.0. The van der Waals surface area contributed by atoms with Gasteiger partial charge in [-0.3, -0.25) is 0 Å². The fraction of sp³-hybridized carbons (Fsp3) is 0.458. The molecule has 6 heteroatoms. The van der Waals surface area contributed by atoms with Crippen LogP contribution in [-0.4, -0.2) is 28.0 Å². The number of carbonyl (C=O) groups is 1. The quantitative estimate of drug-likeness (QED) is 0.712. The van der Waals surface area contributed by atoms with E-state index in [4.69, 9.17) is 0 Å². The summed E-state index contributed by atoms with van der Waals surface area (Å²) in [5.41, 5.74) is -0.126. The lowest BCUT2D eigenvalue weighted by atomic mass is 9.56. The molecule has 0 unspecified atom stereocenters. The van der Waals surface area contributed by atoms with E-state index in [0.29, 0.717) is 25.7 Å². The summed E-state index contributed by atoms with van der Waals surface area (Å²) in [6.07, 6.45) is -2.66. The first kappa shape index (κ1) is 20.9. The third-order valence-corrected chi connectivity index (χ3v) is 7.13. The van der Waals surface area contributed by atoms with Gasteiger partial charge in [0.15, 0.2) is 5.60 Å². The molecular formula is C24H25F3O3. The van der Waals surface area contributed by atoms with Crippen LogP contribution in [0.2, 0.25) is 0 Å². The molecular weight excluding hydrogens is 393 g/mol. The van der Waals surface area contributed by atoms with Gasteiger partial charge in [-0.05, 0) is 79.7 Å². The van der Waals surface area contributed by atoms with Gasteiger partial charge >= 0.3 is 12.1 Å². The third kappa shape index (κ3) is 3.51. The maximum absolute atomic E-state index is 13.7. The molecule has 0 aromatic heterocycles. The van der Waals surface area contributed by atoms with E-state index < -0.39 is 23.2 Å². The largest absolute Gasteiger partial charge is 0.478 e. The molecule has 0 heterocycles. The molecule has 0 spiro atoms. The average Bonchev–Trinajstić information content (AvgIpc) is 2.84. The number of hydrogen-bond acceptors (Lipinski definition) is 2. The average molecular weight is 418 g/mol. The van der Waals surface area contributed by atoms with Crippen LogP contribution in [0.3, 0.4) is 0 Å². The van der Waals surface area contributed by atoms with Crippen molar-refractivity contribution in [1.29, 1.82) is 0 Å². The van der Waals surface area contributed by atoms with Gasteiger partial charge in [-0.2, -0.15) is 13.2 Å². The lowest BCUT2D eigenvalue weighted by molar-refractivity contribution is -0.279. The number of hydrogen-bond donors (Lipinski definition) is 2. The van der Waals surface area contributed by atoms with Crippen LogP contribution in [0.25, 0.3) is 0 Å². The van der Waals surface area contributed by atoms with Crippen LogP contribution < -0.4 is 0 Å². The highest BCUT2D eigenvalue weighted by Gasteiger charge is 2.60. The molecule has 2 aliphatic rings. The van der Waals surface area contributed by atoms with Crippen molar-refractivity contribution in [3.8, 4) is 0 Å². The smallest absolute Gasteiger partial charge is 0.417 e. The van der Waals surface area contributed by atoms with E-state index in [1.165, 1.54) is 0 Å². The zero-order valence-corrected chi connectivity index (χ0v) is 16.6. The zero-order valence-electron chi connectivity index (χ0n) is 16.6. The number of halogens is 3. The second kappa shape index (κ2) is 7.41. The molecule has 0 aliphatic heterocycles. The molecule has 30 heavy (non-hydrogen) atoms. The molecule has 1 fully saturated rings. The maximum Gasteiger partial charge on any atom is 0.417 e. The Morgan fingerprint density at radius 1 is 1.10 bits per heavy atom. The Kier molecular flexibility index (Phi) is 5.17. The molecule has 2 aliphatic carbocycles. The first-order valence-electron chi connectivity index (χ1n) is 10.3. The number of fused-ring (bicyclic) bond motifs is 3. The fourth-order valence-corrected chi connectivity index (χ4v) is 5.58. The van der Waals surface area contributed by atoms with Gasteiger partial charge in [-0.15, -0.1) is 0 Å². The molecule has 160 valence electrons. The highest BCUT2D eigenvalue weighted by atomic mass is 19.4. The Hall–Kier alpha value is -2.34. The Labute approximate surface area is 173 Å². The van der Waals surface area contributed by atoms with Crippen molar-refractivity contribution in [3.05, 3.63) is 70.8 Å². The minimum Gasteiger partial charge on any atom is -0.478 e. The van der Waals surface area contributed by atoms with Crippen molar-refractivity contribution in [2.45, 2.75) is 62.1 Å². The van der Waals surface area contributed by atoms with Crippen LogP contribution in [-0.2, 0) is 18.3 Å². The van der Waals surface area contributed by atoms with Crippen molar-refractivity contribution in [1.82, 2.24) is 0 Å². The van der Waals surface area contributed by atoms with Crippen LogP contribution in [0, 0.1) is 5.92 Å². The molecule has 0 saturated heterocycles. The van der Waals surface area contributed by atoms with Crippen molar-refractivity contribution >= 4 is 5.97 Å². The van der Waals surface area contributed by atoms with E-state index in [-0.39, 0.29) is 30.7 Å². The van der Waals surface area contributed by atoms with Gasteiger partial charge in [-0.1, -0.05) is 36.4 Å². The van der Waals surface area contributed by atoms with Gasteiger partial charge in [0, 0.05) is 5.41 Å². The normalized spacial score (nSPS) is 28.9. The number of benzene rings is 2. The summed E-state index contributed by atoms with van der Waals surface area (Å²) in [5, 5.41) is 19.9. The van der Waals surface area contributed by atoms with Crippen molar-refractivity contribution < 1.29 is 28.2 Å². The lowest BCUT2D eigenvalue weighted by Gasteiger charge is -2.50. The van der Waals surface area contributed by atoms with E-state index in [2.05, 4.69) is 0 Å². The summed E-state index contributed by atoms with van der Waals surface area (Å²) >= 11 is 0. The second-order valence-electron chi connectivity index (χ2n) is 8.82. The Balaban J connectivity index is 1.83. The Bertz CT molecular complexity index is 940. The molecule has 0 bridgehead atoms. The number of carboxylic acid groups (broad SMARTS) is 1. The van der Waals surface area contributed by atoms with E-state index in [0.717, 1.165) is 16.7 Å². The highest BCUT2D eigenvalue weighted by Crippen LogP contribution is 2.56. The van der Waals surface area contributed by atoms with Crippen molar-refractivity contribution in [2.75, 3.05) is 0 Å². The molecule has 3 nitrogen and oxygen atoms in total. The summed E-state index contributed by atoms with van der Waals surface area (Å²) in [5.74, 6) is -1.35. The fourth-order valence-electron chi connectivity index (χ4n) is 5.58. The van der Waals surface area contributed by atoms with Gasteiger partial charge in [0.05, 0.1) is 5.56 Å². The maximum atomic E-state index is 13.7. The number of aliphatic hydroxyl groups is 1. The van der Waals surface area contributed by atoms with E-state index in [1.807, 2.05) is 30.3 Å². The first-order valence-corrected chi connectivity index (χ1v) is 10.3. The number of alkyl halides is 3. The van der Waals surface area contributed by atoms with Crippen LogP contribution in [0.1, 0.15) is 59.2 Å². The summed E-state index contributed by atoms with van der Waals surface area (Å²) in [6.45, 7) is 0. The van der Waals surface area contributed by atoms with Crippen LogP contribution in [0.5, 0.6) is 0 Å². The Morgan fingerprint density at radius 3 is 2.50 bits per heavy atom. The number of aromatic carboxylic acids is 1. The molecule has 4 rings (SSSR count). The van der Waals surface area contributed by atoms with E-state index >= 15 is 0 Å². The van der Waals surface area contributed by atoms with E-state index in [9.17, 15) is 28.2 Å². The standard InChI is InChI=1S/C24H25F3O3/c25-24(26,27)23(30)12-11-22(14-16-5-2-1-3-6-16)19(15-23)8-4-7-17-13-18(21(28)29)9-10-20(17)22/h1-3,5-6,9-10,13,19,30H,4,7-8,11-12,14-15H2,(H,28,29)/t19-,22+,23-/m1/s1. The number of carboxylic acids is 1. The third-order valence-electron chi connectivity index (χ3n) is 7.13. The number of rotatable bonds is 3. The minimum absolute atomic E-state index is 0.199. The van der Waals surface area contributed by atoms with Crippen LogP contribution in [0.15, 0.2) is 48.5 Å². The Morgan fingerprint density at radius 2 is 1.83 bits per heavy atom. The molecule has 2 N–H and O–H groups in total. The van der Waals surface area contributed by atoms with Crippen molar-refractivity contribution in [2.24, 2.45) is 5.92 Å². The predicted molar refractivity (Wildman–Crippen MR) is 107 cm³/mol.